The second kappa shape index (κ2) is 6.17. The van der Waals surface area contributed by atoms with Crippen LogP contribution in [0.15, 0.2) is 24.4 Å². The summed E-state index contributed by atoms with van der Waals surface area (Å²) >= 11 is 0. The van der Waals surface area contributed by atoms with Crippen molar-refractivity contribution in [1.29, 1.82) is 0 Å². The molecule has 0 aromatic carbocycles. The van der Waals surface area contributed by atoms with E-state index in [0.29, 0.717) is 24.0 Å². The maximum atomic E-state index is 12.2. The molecule has 0 radical (unpaired) electrons. The Labute approximate surface area is 129 Å². The van der Waals surface area contributed by atoms with Crippen LogP contribution in [0.25, 0.3) is 0 Å². The first-order valence-electron chi connectivity index (χ1n) is 7.57. The summed E-state index contributed by atoms with van der Waals surface area (Å²) in [6.07, 6.45) is 4.07. The summed E-state index contributed by atoms with van der Waals surface area (Å²) in [5.41, 5.74) is 2.33. The van der Waals surface area contributed by atoms with Gasteiger partial charge in [0.25, 0.3) is 5.91 Å². The SMILES string of the molecule is CC(C)Oc1ncccc1CNC(=O)c1cc(C2CC2)[nH]n1. The smallest absolute Gasteiger partial charge is 0.272 e. The zero-order valence-corrected chi connectivity index (χ0v) is 12.8. The lowest BCUT2D eigenvalue weighted by atomic mass is 10.2. The fourth-order valence-corrected chi connectivity index (χ4v) is 2.21. The largest absolute Gasteiger partial charge is 0.475 e. The topological polar surface area (TPSA) is 79.9 Å². The van der Waals surface area contributed by atoms with Gasteiger partial charge in [0.2, 0.25) is 5.88 Å². The summed E-state index contributed by atoms with van der Waals surface area (Å²) in [5, 5.41) is 9.87. The number of nitrogens with one attached hydrogen (secondary N) is 2. The van der Waals surface area contributed by atoms with Crippen molar-refractivity contribution in [2.75, 3.05) is 0 Å². The molecule has 6 heteroatoms. The van der Waals surface area contributed by atoms with E-state index < -0.39 is 0 Å². The molecule has 116 valence electrons. The quantitative estimate of drug-likeness (QED) is 0.858. The third kappa shape index (κ3) is 3.44. The molecule has 0 bridgehead atoms. The number of rotatable bonds is 6. The first kappa shape index (κ1) is 14.6. The Morgan fingerprint density at radius 1 is 1.50 bits per heavy atom. The lowest BCUT2D eigenvalue weighted by Gasteiger charge is -2.12. The molecule has 2 N–H and O–H groups in total. The van der Waals surface area contributed by atoms with Crippen molar-refractivity contribution in [3.8, 4) is 5.88 Å². The molecule has 0 unspecified atom stereocenters. The van der Waals surface area contributed by atoms with Crippen molar-refractivity contribution >= 4 is 5.91 Å². The molecule has 1 saturated carbocycles. The van der Waals surface area contributed by atoms with E-state index in [-0.39, 0.29) is 12.0 Å². The van der Waals surface area contributed by atoms with Crippen LogP contribution in [0.5, 0.6) is 5.88 Å². The van der Waals surface area contributed by atoms with Gasteiger partial charge < -0.3 is 10.1 Å². The Morgan fingerprint density at radius 2 is 2.32 bits per heavy atom. The van der Waals surface area contributed by atoms with Crippen LogP contribution in [0.1, 0.15) is 54.4 Å². The highest BCUT2D eigenvalue weighted by Crippen LogP contribution is 2.38. The third-order valence-electron chi connectivity index (χ3n) is 3.48. The van der Waals surface area contributed by atoms with E-state index in [1.165, 1.54) is 12.8 Å². The second-order valence-electron chi connectivity index (χ2n) is 5.80. The van der Waals surface area contributed by atoms with Crippen molar-refractivity contribution in [2.45, 2.75) is 45.3 Å². The highest BCUT2D eigenvalue weighted by molar-refractivity contribution is 5.92. The summed E-state index contributed by atoms with van der Waals surface area (Å²) in [7, 11) is 0. The average Bonchev–Trinajstić information content (AvgIpc) is 3.23. The number of hydrogen-bond donors (Lipinski definition) is 2. The van der Waals surface area contributed by atoms with Gasteiger partial charge in [0.05, 0.1) is 6.10 Å². The maximum Gasteiger partial charge on any atom is 0.272 e. The van der Waals surface area contributed by atoms with Crippen LogP contribution in [-0.4, -0.2) is 27.2 Å². The molecule has 6 nitrogen and oxygen atoms in total. The predicted octanol–water partition coefficient (Wildman–Crippen LogP) is 2.40. The number of carbonyl (C=O) groups is 1. The van der Waals surface area contributed by atoms with Gasteiger partial charge in [0.1, 0.15) is 5.69 Å². The van der Waals surface area contributed by atoms with Gasteiger partial charge in [-0.2, -0.15) is 5.10 Å². The number of aromatic nitrogens is 3. The Morgan fingerprint density at radius 3 is 3.05 bits per heavy atom. The number of hydrogen-bond acceptors (Lipinski definition) is 4. The van der Waals surface area contributed by atoms with Gasteiger partial charge in [-0.15, -0.1) is 0 Å². The van der Waals surface area contributed by atoms with Gasteiger partial charge in [-0.25, -0.2) is 4.98 Å². The molecule has 22 heavy (non-hydrogen) atoms. The normalized spacial score (nSPS) is 14.1. The fraction of sp³-hybridized carbons (Fsp3) is 0.438. The first-order valence-corrected chi connectivity index (χ1v) is 7.57. The molecule has 0 aliphatic heterocycles. The van der Waals surface area contributed by atoms with E-state index in [9.17, 15) is 4.79 Å². The van der Waals surface area contributed by atoms with Crippen molar-refractivity contribution in [1.82, 2.24) is 20.5 Å². The molecule has 0 atom stereocenters. The van der Waals surface area contributed by atoms with Crippen molar-refractivity contribution in [3.05, 3.63) is 41.3 Å². The van der Waals surface area contributed by atoms with Crippen molar-refractivity contribution in [3.63, 3.8) is 0 Å². The zero-order chi connectivity index (χ0) is 15.5. The number of ether oxygens (including phenoxy) is 1. The minimum absolute atomic E-state index is 0.0387. The van der Waals surface area contributed by atoms with Gasteiger partial charge in [-0.1, -0.05) is 6.07 Å². The van der Waals surface area contributed by atoms with E-state index in [4.69, 9.17) is 4.74 Å². The molecule has 1 aliphatic carbocycles. The molecular weight excluding hydrogens is 280 g/mol. The maximum absolute atomic E-state index is 12.2. The Kier molecular flexibility index (Phi) is 4.09. The summed E-state index contributed by atoms with van der Waals surface area (Å²) in [6.45, 7) is 4.25. The average molecular weight is 300 g/mol. The standard InChI is InChI=1S/C16H20N4O2/c1-10(2)22-16-12(4-3-7-17-16)9-18-15(21)14-8-13(19-20-14)11-5-6-11/h3-4,7-8,10-11H,5-6,9H2,1-2H3,(H,18,21)(H,19,20). The molecule has 1 amide bonds. The fourth-order valence-electron chi connectivity index (χ4n) is 2.21. The molecule has 3 rings (SSSR count). The molecule has 2 heterocycles. The van der Waals surface area contributed by atoms with Gasteiger partial charge >= 0.3 is 0 Å². The summed E-state index contributed by atoms with van der Waals surface area (Å²) in [5.74, 6) is 0.916. The van der Waals surface area contributed by atoms with Crippen LogP contribution in [0.3, 0.4) is 0 Å². The molecular formula is C16H20N4O2. The Balaban J connectivity index is 1.62. The minimum Gasteiger partial charge on any atom is -0.475 e. The van der Waals surface area contributed by atoms with Crippen LogP contribution in [0.4, 0.5) is 0 Å². The molecule has 1 fully saturated rings. The Bertz CT molecular complexity index is 662. The number of H-pyrrole nitrogens is 1. The summed E-state index contributed by atoms with van der Waals surface area (Å²) in [6, 6.07) is 5.56. The minimum atomic E-state index is -0.192. The number of pyridine rings is 1. The van der Waals surface area contributed by atoms with E-state index in [1.807, 2.05) is 32.0 Å². The van der Waals surface area contributed by atoms with E-state index in [0.717, 1.165) is 11.3 Å². The van der Waals surface area contributed by atoms with Crippen molar-refractivity contribution < 1.29 is 9.53 Å². The van der Waals surface area contributed by atoms with Gasteiger partial charge in [-0.3, -0.25) is 9.89 Å². The molecule has 0 saturated heterocycles. The second-order valence-corrected chi connectivity index (χ2v) is 5.80. The van der Waals surface area contributed by atoms with Crippen LogP contribution in [0, 0.1) is 0 Å². The van der Waals surface area contributed by atoms with E-state index in [2.05, 4.69) is 20.5 Å². The molecule has 1 aliphatic rings. The third-order valence-corrected chi connectivity index (χ3v) is 3.48. The van der Waals surface area contributed by atoms with Crippen LogP contribution < -0.4 is 10.1 Å². The van der Waals surface area contributed by atoms with Gasteiger partial charge in [0.15, 0.2) is 0 Å². The summed E-state index contributed by atoms with van der Waals surface area (Å²) < 4.78 is 5.64. The van der Waals surface area contributed by atoms with Gasteiger partial charge in [-0.05, 0) is 38.8 Å². The molecule has 0 spiro atoms. The van der Waals surface area contributed by atoms with Crippen LogP contribution in [0.2, 0.25) is 0 Å². The Hall–Kier alpha value is -2.37. The first-order chi connectivity index (χ1) is 10.6. The van der Waals surface area contributed by atoms with E-state index in [1.54, 1.807) is 6.20 Å². The molecule has 2 aromatic rings. The number of amides is 1. The highest BCUT2D eigenvalue weighted by Gasteiger charge is 2.26. The lowest BCUT2D eigenvalue weighted by Crippen LogP contribution is -2.24. The zero-order valence-electron chi connectivity index (χ0n) is 12.8. The van der Waals surface area contributed by atoms with Crippen LogP contribution in [-0.2, 0) is 6.54 Å². The van der Waals surface area contributed by atoms with Gasteiger partial charge in [0, 0.05) is 29.9 Å². The lowest BCUT2D eigenvalue weighted by molar-refractivity contribution is 0.0945. The monoisotopic (exact) mass is 300 g/mol. The predicted molar refractivity (Wildman–Crippen MR) is 81.7 cm³/mol. The van der Waals surface area contributed by atoms with Crippen LogP contribution >= 0.6 is 0 Å². The number of nitrogens with zero attached hydrogens (tertiary/aromatic N) is 2. The number of carbonyl (C=O) groups excluding carboxylic acids is 1. The molecule has 2 aromatic heterocycles. The van der Waals surface area contributed by atoms with E-state index >= 15 is 0 Å². The van der Waals surface area contributed by atoms with Crippen molar-refractivity contribution in [2.24, 2.45) is 0 Å². The summed E-state index contributed by atoms with van der Waals surface area (Å²) in [4.78, 5) is 16.4. The highest BCUT2D eigenvalue weighted by atomic mass is 16.5. The number of aromatic amines is 1.